The fourth-order valence-corrected chi connectivity index (χ4v) is 3.87. The molecular formula is C22H21ClN2O5S. The molecule has 0 unspecified atom stereocenters. The van der Waals surface area contributed by atoms with E-state index in [2.05, 4.69) is 10.0 Å². The van der Waals surface area contributed by atoms with Gasteiger partial charge in [0.15, 0.2) is 0 Å². The molecule has 3 aromatic carbocycles. The largest absolute Gasteiger partial charge is 0.497 e. The summed E-state index contributed by atoms with van der Waals surface area (Å²) in [6, 6.07) is 19.2. The first kappa shape index (κ1) is 22.5. The number of halogens is 1. The number of carbonyl (C=O) groups is 1. The topological polar surface area (TPSA) is 93.7 Å². The summed E-state index contributed by atoms with van der Waals surface area (Å²) in [4.78, 5) is 12.4. The number of ether oxygens (including phenoxy) is 2. The average Bonchev–Trinajstić information content (AvgIpc) is 2.78. The molecule has 3 aromatic rings. The number of hydrogen-bond donors (Lipinski definition) is 2. The van der Waals surface area contributed by atoms with E-state index in [-0.39, 0.29) is 23.6 Å². The molecule has 0 fully saturated rings. The van der Waals surface area contributed by atoms with Crippen molar-refractivity contribution in [3.8, 4) is 11.5 Å². The number of carbonyl (C=O) groups excluding carboxylic acids is 1. The van der Waals surface area contributed by atoms with E-state index in [1.807, 2.05) is 0 Å². The van der Waals surface area contributed by atoms with Crippen molar-refractivity contribution in [1.29, 1.82) is 0 Å². The molecule has 31 heavy (non-hydrogen) atoms. The van der Waals surface area contributed by atoms with Gasteiger partial charge in [-0.15, -0.1) is 0 Å². The molecule has 0 aliphatic carbocycles. The molecular weight excluding hydrogens is 440 g/mol. The Hall–Kier alpha value is -3.23. The van der Waals surface area contributed by atoms with Crippen molar-refractivity contribution in [2.45, 2.75) is 4.90 Å². The number of anilines is 1. The maximum absolute atomic E-state index is 12.7. The second-order valence-electron chi connectivity index (χ2n) is 6.42. The van der Waals surface area contributed by atoms with Crippen LogP contribution in [0.4, 0.5) is 5.69 Å². The molecule has 9 heteroatoms. The molecule has 7 nitrogen and oxygen atoms in total. The molecule has 3 rings (SSSR count). The van der Waals surface area contributed by atoms with Crippen molar-refractivity contribution < 1.29 is 22.7 Å². The molecule has 0 bridgehead atoms. The van der Waals surface area contributed by atoms with Gasteiger partial charge >= 0.3 is 0 Å². The van der Waals surface area contributed by atoms with E-state index in [0.29, 0.717) is 22.2 Å². The summed E-state index contributed by atoms with van der Waals surface area (Å²) in [6.07, 6.45) is 0. The summed E-state index contributed by atoms with van der Waals surface area (Å²) in [5.74, 6) is 0.846. The first-order valence-corrected chi connectivity index (χ1v) is 11.2. The highest BCUT2D eigenvalue weighted by Gasteiger charge is 2.16. The number of methoxy groups -OCH3 is 1. The molecule has 0 spiro atoms. The van der Waals surface area contributed by atoms with Crippen LogP contribution in [-0.4, -0.2) is 34.6 Å². The van der Waals surface area contributed by atoms with Gasteiger partial charge in [0.1, 0.15) is 18.1 Å². The van der Waals surface area contributed by atoms with Crippen molar-refractivity contribution in [3.05, 3.63) is 83.4 Å². The third-order valence-electron chi connectivity index (χ3n) is 4.22. The molecule has 0 atom stereocenters. The summed E-state index contributed by atoms with van der Waals surface area (Å²) in [5.41, 5.74) is 0.610. The van der Waals surface area contributed by atoms with E-state index >= 15 is 0 Å². The molecule has 0 aliphatic rings. The SMILES string of the molecule is COc1ccc(NS(=O)(=O)c2cccc(C(=O)NCCOc3ccc(Cl)cc3)c2)cc1. The van der Waals surface area contributed by atoms with Crippen molar-refractivity contribution in [3.63, 3.8) is 0 Å². The van der Waals surface area contributed by atoms with Crippen LogP contribution in [0.25, 0.3) is 0 Å². The summed E-state index contributed by atoms with van der Waals surface area (Å²) in [7, 11) is -2.33. The zero-order chi connectivity index (χ0) is 22.3. The van der Waals surface area contributed by atoms with E-state index in [1.165, 1.54) is 25.3 Å². The van der Waals surface area contributed by atoms with Crippen LogP contribution in [0.15, 0.2) is 77.7 Å². The van der Waals surface area contributed by atoms with Crippen molar-refractivity contribution in [2.75, 3.05) is 25.0 Å². The van der Waals surface area contributed by atoms with Gasteiger partial charge in [-0.25, -0.2) is 8.42 Å². The molecule has 0 radical (unpaired) electrons. The molecule has 0 saturated carbocycles. The van der Waals surface area contributed by atoms with E-state index in [9.17, 15) is 13.2 Å². The predicted molar refractivity (Wildman–Crippen MR) is 120 cm³/mol. The number of hydrogen-bond acceptors (Lipinski definition) is 5. The third kappa shape index (κ3) is 6.37. The van der Waals surface area contributed by atoms with Gasteiger partial charge in [-0.3, -0.25) is 9.52 Å². The molecule has 2 N–H and O–H groups in total. The fourth-order valence-electron chi connectivity index (χ4n) is 2.64. The highest BCUT2D eigenvalue weighted by atomic mass is 35.5. The maximum atomic E-state index is 12.7. The summed E-state index contributed by atoms with van der Waals surface area (Å²) in [6.45, 7) is 0.507. The molecule has 0 heterocycles. The van der Waals surface area contributed by atoms with E-state index in [4.69, 9.17) is 21.1 Å². The predicted octanol–water partition coefficient (Wildman–Crippen LogP) is 3.96. The molecule has 162 valence electrons. The van der Waals surface area contributed by atoms with Crippen molar-refractivity contribution in [2.24, 2.45) is 0 Å². The van der Waals surface area contributed by atoms with E-state index in [1.54, 1.807) is 54.6 Å². The van der Waals surface area contributed by atoms with E-state index in [0.717, 1.165) is 0 Å². The Labute approximate surface area is 186 Å². The normalized spacial score (nSPS) is 10.9. The molecule has 0 saturated heterocycles. The van der Waals surface area contributed by atoms with Crippen LogP contribution in [0.3, 0.4) is 0 Å². The Balaban J connectivity index is 1.58. The standard InChI is InChI=1S/C22H21ClN2O5S/c1-29-19-11-7-18(8-12-19)25-31(27,28)21-4-2-3-16(15-21)22(26)24-13-14-30-20-9-5-17(23)6-10-20/h2-12,15,25H,13-14H2,1H3,(H,24,26). The van der Waals surface area contributed by atoms with Gasteiger partial charge in [-0.1, -0.05) is 17.7 Å². The lowest BCUT2D eigenvalue weighted by Crippen LogP contribution is -2.28. The van der Waals surface area contributed by atoms with Gasteiger partial charge in [0, 0.05) is 16.3 Å². The second-order valence-corrected chi connectivity index (χ2v) is 8.54. The molecule has 0 aliphatic heterocycles. The van der Waals surface area contributed by atoms with Gasteiger partial charge in [0.25, 0.3) is 15.9 Å². The zero-order valence-electron chi connectivity index (χ0n) is 16.7. The number of rotatable bonds is 9. The smallest absolute Gasteiger partial charge is 0.261 e. The Kier molecular flexibility index (Phi) is 7.38. The van der Waals surface area contributed by atoms with Gasteiger partial charge in [0.2, 0.25) is 0 Å². The highest BCUT2D eigenvalue weighted by Crippen LogP contribution is 2.20. The van der Waals surface area contributed by atoms with Gasteiger partial charge < -0.3 is 14.8 Å². The van der Waals surface area contributed by atoms with Gasteiger partial charge in [-0.2, -0.15) is 0 Å². The molecule has 0 aromatic heterocycles. The van der Waals surface area contributed by atoms with Crippen molar-refractivity contribution in [1.82, 2.24) is 5.32 Å². The van der Waals surface area contributed by atoms with Crippen LogP contribution < -0.4 is 19.5 Å². The summed E-state index contributed by atoms with van der Waals surface area (Å²) in [5, 5.41) is 3.31. The third-order valence-corrected chi connectivity index (χ3v) is 5.85. The monoisotopic (exact) mass is 460 g/mol. The van der Waals surface area contributed by atoms with Gasteiger partial charge in [0.05, 0.1) is 18.6 Å². The van der Waals surface area contributed by atoms with Crippen LogP contribution in [0, 0.1) is 0 Å². The first-order valence-electron chi connectivity index (χ1n) is 9.31. The summed E-state index contributed by atoms with van der Waals surface area (Å²) < 4.78 is 38.4. The minimum absolute atomic E-state index is 0.0200. The minimum atomic E-state index is -3.86. The Morgan fingerprint density at radius 3 is 2.32 bits per heavy atom. The Morgan fingerprint density at radius 1 is 0.968 bits per heavy atom. The lowest BCUT2D eigenvalue weighted by atomic mass is 10.2. The van der Waals surface area contributed by atoms with Crippen LogP contribution in [0.1, 0.15) is 10.4 Å². The fraction of sp³-hybridized carbons (Fsp3) is 0.136. The maximum Gasteiger partial charge on any atom is 0.261 e. The average molecular weight is 461 g/mol. The van der Waals surface area contributed by atoms with Crippen LogP contribution in [0.5, 0.6) is 11.5 Å². The van der Waals surface area contributed by atoms with Crippen LogP contribution in [-0.2, 0) is 10.0 Å². The van der Waals surface area contributed by atoms with Gasteiger partial charge in [-0.05, 0) is 66.7 Å². The highest BCUT2D eigenvalue weighted by molar-refractivity contribution is 7.92. The Bertz CT molecular complexity index is 1130. The summed E-state index contributed by atoms with van der Waals surface area (Å²) >= 11 is 5.82. The second kappa shape index (κ2) is 10.2. The lowest BCUT2D eigenvalue weighted by molar-refractivity contribution is 0.0947. The minimum Gasteiger partial charge on any atom is -0.497 e. The Morgan fingerprint density at radius 2 is 1.65 bits per heavy atom. The van der Waals surface area contributed by atoms with E-state index < -0.39 is 15.9 Å². The van der Waals surface area contributed by atoms with Crippen LogP contribution in [0.2, 0.25) is 5.02 Å². The number of nitrogens with one attached hydrogen (secondary N) is 2. The van der Waals surface area contributed by atoms with Crippen molar-refractivity contribution >= 4 is 33.2 Å². The van der Waals surface area contributed by atoms with Crippen LogP contribution >= 0.6 is 11.6 Å². The number of sulfonamides is 1. The number of benzene rings is 3. The zero-order valence-corrected chi connectivity index (χ0v) is 18.2. The quantitative estimate of drug-likeness (QED) is 0.471. The number of amides is 1. The first-order chi connectivity index (χ1) is 14.9. The molecule has 1 amide bonds. The lowest BCUT2D eigenvalue weighted by Gasteiger charge is -2.11.